The topological polar surface area (TPSA) is 53.1 Å². The summed E-state index contributed by atoms with van der Waals surface area (Å²) in [5, 5.41) is 0. The van der Waals surface area contributed by atoms with E-state index in [0.717, 1.165) is 28.4 Å². The SMILES string of the molecule is COc1ccc(-c2cn3c(n2)C(N)CC(F)C3)c(C)c1. The van der Waals surface area contributed by atoms with E-state index >= 15 is 0 Å². The van der Waals surface area contributed by atoms with E-state index in [2.05, 4.69) is 4.98 Å². The highest BCUT2D eigenvalue weighted by molar-refractivity contribution is 5.64. The van der Waals surface area contributed by atoms with E-state index in [1.807, 2.05) is 35.9 Å². The number of imidazole rings is 1. The van der Waals surface area contributed by atoms with Gasteiger partial charge in [0.15, 0.2) is 0 Å². The second-order valence-corrected chi connectivity index (χ2v) is 5.26. The zero-order valence-corrected chi connectivity index (χ0v) is 11.6. The molecule has 1 aliphatic rings. The lowest BCUT2D eigenvalue weighted by atomic mass is 10.1. The molecule has 106 valence electrons. The first-order valence-corrected chi connectivity index (χ1v) is 6.70. The largest absolute Gasteiger partial charge is 0.497 e. The Labute approximate surface area is 117 Å². The van der Waals surface area contributed by atoms with Crippen molar-refractivity contribution in [1.82, 2.24) is 9.55 Å². The third-order valence-electron chi connectivity index (χ3n) is 3.75. The first kappa shape index (κ1) is 13.1. The molecule has 2 aromatic rings. The molecule has 2 atom stereocenters. The van der Waals surface area contributed by atoms with Crippen LogP contribution in [0.15, 0.2) is 24.4 Å². The lowest BCUT2D eigenvalue weighted by molar-refractivity contribution is 0.230. The average Bonchev–Trinajstić information content (AvgIpc) is 2.82. The number of halogens is 1. The molecule has 20 heavy (non-hydrogen) atoms. The molecule has 0 radical (unpaired) electrons. The van der Waals surface area contributed by atoms with Crippen molar-refractivity contribution in [1.29, 1.82) is 0 Å². The van der Waals surface area contributed by atoms with Crippen LogP contribution < -0.4 is 10.5 Å². The molecule has 1 aliphatic heterocycles. The molecule has 4 nitrogen and oxygen atoms in total. The van der Waals surface area contributed by atoms with Gasteiger partial charge in [0.2, 0.25) is 0 Å². The summed E-state index contributed by atoms with van der Waals surface area (Å²) >= 11 is 0. The Balaban J connectivity index is 2.02. The molecule has 0 bridgehead atoms. The highest BCUT2D eigenvalue weighted by Gasteiger charge is 2.26. The van der Waals surface area contributed by atoms with Gasteiger partial charge in [0.25, 0.3) is 0 Å². The predicted molar refractivity (Wildman–Crippen MR) is 75.4 cm³/mol. The quantitative estimate of drug-likeness (QED) is 0.916. The van der Waals surface area contributed by atoms with Crippen molar-refractivity contribution >= 4 is 0 Å². The number of hydrogen-bond acceptors (Lipinski definition) is 3. The molecule has 0 saturated carbocycles. The summed E-state index contributed by atoms with van der Waals surface area (Å²) in [6.07, 6.45) is 1.34. The van der Waals surface area contributed by atoms with Crippen LogP contribution in [0.1, 0.15) is 23.9 Å². The molecule has 0 saturated heterocycles. The summed E-state index contributed by atoms with van der Waals surface area (Å²) < 4.78 is 20.6. The minimum absolute atomic E-state index is 0.328. The molecule has 1 aromatic carbocycles. The van der Waals surface area contributed by atoms with Crippen LogP contribution in [0, 0.1) is 6.92 Å². The summed E-state index contributed by atoms with van der Waals surface area (Å²) in [5.74, 6) is 1.58. The van der Waals surface area contributed by atoms with Crippen molar-refractivity contribution in [2.75, 3.05) is 7.11 Å². The fourth-order valence-corrected chi connectivity index (χ4v) is 2.72. The number of methoxy groups -OCH3 is 1. The van der Waals surface area contributed by atoms with Crippen LogP contribution in [-0.4, -0.2) is 22.8 Å². The summed E-state index contributed by atoms with van der Waals surface area (Å²) in [4.78, 5) is 4.58. The Morgan fingerprint density at radius 3 is 2.95 bits per heavy atom. The van der Waals surface area contributed by atoms with Gasteiger partial charge in [0, 0.05) is 18.2 Å². The fourth-order valence-electron chi connectivity index (χ4n) is 2.72. The highest BCUT2D eigenvalue weighted by atomic mass is 19.1. The zero-order valence-electron chi connectivity index (χ0n) is 11.6. The van der Waals surface area contributed by atoms with Crippen LogP contribution in [-0.2, 0) is 6.54 Å². The second-order valence-electron chi connectivity index (χ2n) is 5.26. The number of rotatable bonds is 2. The van der Waals surface area contributed by atoms with Crippen LogP contribution in [0.2, 0.25) is 0 Å². The van der Waals surface area contributed by atoms with Crippen LogP contribution in [0.5, 0.6) is 5.75 Å². The molecule has 0 aliphatic carbocycles. The number of aromatic nitrogens is 2. The van der Waals surface area contributed by atoms with Gasteiger partial charge in [0.1, 0.15) is 17.7 Å². The van der Waals surface area contributed by atoms with Crippen molar-refractivity contribution in [3.63, 3.8) is 0 Å². The molecule has 3 rings (SSSR count). The summed E-state index contributed by atoms with van der Waals surface area (Å²) in [6.45, 7) is 2.35. The van der Waals surface area contributed by atoms with Crippen molar-refractivity contribution in [2.24, 2.45) is 5.73 Å². The molecule has 2 heterocycles. The Morgan fingerprint density at radius 1 is 1.45 bits per heavy atom. The number of ether oxygens (including phenoxy) is 1. The van der Waals surface area contributed by atoms with Crippen LogP contribution in [0.4, 0.5) is 4.39 Å². The van der Waals surface area contributed by atoms with Gasteiger partial charge in [-0.3, -0.25) is 0 Å². The van der Waals surface area contributed by atoms with E-state index in [1.54, 1.807) is 7.11 Å². The highest BCUT2D eigenvalue weighted by Crippen LogP contribution is 2.30. The molecule has 2 N–H and O–H groups in total. The van der Waals surface area contributed by atoms with Crippen LogP contribution >= 0.6 is 0 Å². The van der Waals surface area contributed by atoms with Gasteiger partial charge in [-0.05, 0) is 30.7 Å². The van der Waals surface area contributed by atoms with Gasteiger partial charge >= 0.3 is 0 Å². The third-order valence-corrected chi connectivity index (χ3v) is 3.75. The zero-order chi connectivity index (χ0) is 14.3. The number of aryl methyl sites for hydroxylation is 1. The van der Waals surface area contributed by atoms with Crippen LogP contribution in [0.3, 0.4) is 0 Å². The maximum Gasteiger partial charge on any atom is 0.126 e. The minimum Gasteiger partial charge on any atom is -0.497 e. The van der Waals surface area contributed by atoms with Gasteiger partial charge < -0.3 is 15.0 Å². The number of nitrogens with zero attached hydrogens (tertiary/aromatic N) is 2. The third kappa shape index (κ3) is 2.18. The number of fused-ring (bicyclic) bond motifs is 1. The summed E-state index contributed by atoms with van der Waals surface area (Å²) in [6, 6.07) is 5.51. The molecular weight excluding hydrogens is 257 g/mol. The molecule has 2 unspecified atom stereocenters. The van der Waals surface area contributed by atoms with Gasteiger partial charge in [-0.1, -0.05) is 0 Å². The van der Waals surface area contributed by atoms with Gasteiger partial charge in [-0.2, -0.15) is 0 Å². The van der Waals surface area contributed by atoms with E-state index in [9.17, 15) is 4.39 Å². The van der Waals surface area contributed by atoms with Crippen LogP contribution in [0.25, 0.3) is 11.3 Å². The van der Waals surface area contributed by atoms with Crippen molar-refractivity contribution in [3.05, 3.63) is 35.8 Å². The number of hydrogen-bond donors (Lipinski definition) is 1. The van der Waals surface area contributed by atoms with Crippen molar-refractivity contribution in [2.45, 2.75) is 32.1 Å². The Kier molecular flexibility index (Phi) is 3.22. The molecule has 5 heteroatoms. The Morgan fingerprint density at radius 2 is 2.25 bits per heavy atom. The fraction of sp³-hybridized carbons (Fsp3) is 0.400. The lowest BCUT2D eigenvalue weighted by Gasteiger charge is -2.22. The van der Waals surface area contributed by atoms with Crippen molar-refractivity contribution < 1.29 is 9.13 Å². The maximum absolute atomic E-state index is 13.6. The molecule has 1 aromatic heterocycles. The maximum atomic E-state index is 13.6. The van der Waals surface area contributed by atoms with E-state index < -0.39 is 6.17 Å². The Hall–Kier alpha value is -1.88. The smallest absolute Gasteiger partial charge is 0.126 e. The number of nitrogens with two attached hydrogens (primary N) is 1. The molecule has 0 fully saturated rings. The molecule has 0 amide bonds. The van der Waals surface area contributed by atoms with E-state index in [-0.39, 0.29) is 6.04 Å². The molecule has 0 spiro atoms. The van der Waals surface area contributed by atoms with Gasteiger partial charge in [0.05, 0.1) is 25.4 Å². The van der Waals surface area contributed by atoms with Gasteiger partial charge in [-0.25, -0.2) is 9.37 Å². The van der Waals surface area contributed by atoms with Crippen molar-refractivity contribution in [3.8, 4) is 17.0 Å². The number of alkyl halides is 1. The normalized spacial score (nSPS) is 21.6. The Bertz CT molecular complexity index is 638. The average molecular weight is 275 g/mol. The van der Waals surface area contributed by atoms with E-state index in [0.29, 0.717) is 13.0 Å². The minimum atomic E-state index is -0.892. The molecular formula is C15H18FN3O. The summed E-state index contributed by atoms with van der Waals surface area (Å²) in [7, 11) is 1.64. The van der Waals surface area contributed by atoms with Gasteiger partial charge in [-0.15, -0.1) is 0 Å². The lowest BCUT2D eigenvalue weighted by Crippen LogP contribution is -2.29. The predicted octanol–water partition coefficient (Wildman–Crippen LogP) is 2.61. The van der Waals surface area contributed by atoms with E-state index in [4.69, 9.17) is 10.5 Å². The second kappa shape index (κ2) is 4.90. The first-order valence-electron chi connectivity index (χ1n) is 6.70. The van der Waals surface area contributed by atoms with E-state index in [1.165, 1.54) is 0 Å². The first-order chi connectivity index (χ1) is 9.58. The number of benzene rings is 1. The standard InChI is InChI=1S/C15H18FN3O/c1-9-5-11(20-2)3-4-12(9)14-8-19-7-10(16)6-13(17)15(19)18-14/h3-5,8,10,13H,6-7,17H2,1-2H3. The monoisotopic (exact) mass is 275 g/mol. The summed E-state index contributed by atoms with van der Waals surface area (Å²) in [5.41, 5.74) is 8.90.